The molecule has 176 valence electrons. The molecule has 0 aliphatic rings. The van der Waals surface area contributed by atoms with E-state index >= 15 is 0 Å². The van der Waals surface area contributed by atoms with Crippen molar-refractivity contribution in [2.24, 2.45) is 0 Å². The van der Waals surface area contributed by atoms with Crippen molar-refractivity contribution < 1.29 is 27.4 Å². The number of hydrogen-bond acceptors (Lipinski definition) is 3. The van der Waals surface area contributed by atoms with E-state index in [1.165, 1.54) is 18.2 Å². The zero-order valence-electron chi connectivity index (χ0n) is 19.0. The van der Waals surface area contributed by atoms with Crippen LogP contribution in [0.3, 0.4) is 0 Å². The van der Waals surface area contributed by atoms with Crippen molar-refractivity contribution >= 4 is 16.4 Å². The minimum atomic E-state index is -4.45. The van der Waals surface area contributed by atoms with Crippen molar-refractivity contribution in [3.63, 3.8) is 0 Å². The Kier molecular flexibility index (Phi) is 7.23. The van der Waals surface area contributed by atoms with Crippen LogP contribution in [0.15, 0.2) is 66.6 Å². The van der Waals surface area contributed by atoms with E-state index in [1.54, 1.807) is 6.92 Å². The van der Waals surface area contributed by atoms with E-state index in [-0.39, 0.29) is 17.1 Å². The third kappa shape index (κ3) is 5.35. The quantitative estimate of drug-likeness (QED) is 0.155. The van der Waals surface area contributed by atoms with Crippen LogP contribution in [0, 0.1) is 26.2 Å². The summed E-state index contributed by atoms with van der Waals surface area (Å²) < 4.78 is 49.8. The number of ether oxygens (including phenoxy) is 2. The van der Waals surface area contributed by atoms with Crippen molar-refractivity contribution in [3.8, 4) is 23.0 Å². The molecule has 1 heterocycles. The number of terminal acetylenes is 1. The fourth-order valence-electron chi connectivity index (χ4n) is 3.54. The summed E-state index contributed by atoms with van der Waals surface area (Å²) in [5.74, 6) is 2.60. The lowest BCUT2D eigenvalue weighted by Crippen LogP contribution is -2.29. The van der Waals surface area contributed by atoms with Gasteiger partial charge in [0.2, 0.25) is 4.88 Å². The Morgan fingerprint density at radius 3 is 2.24 bits per heavy atom. The fraction of sp³-hybridized carbons (Fsp3) is 0.222. The molecular weight excluding hydrogens is 461 g/mol. The topological polar surface area (TPSA) is 35.5 Å². The summed E-state index contributed by atoms with van der Waals surface area (Å²) in [6.07, 6.45) is 2.51. The summed E-state index contributed by atoms with van der Waals surface area (Å²) in [6, 6.07) is 12.2. The van der Waals surface area contributed by atoms with Gasteiger partial charge in [-0.3, -0.25) is 0 Å². The van der Waals surface area contributed by atoms with Crippen LogP contribution in [-0.2, 0) is 21.3 Å². The third-order valence-corrected chi connectivity index (χ3v) is 7.27. The van der Waals surface area contributed by atoms with Gasteiger partial charge in [-0.1, -0.05) is 18.7 Å². The molecule has 0 saturated carbocycles. The second-order valence-corrected chi connectivity index (χ2v) is 9.74. The van der Waals surface area contributed by atoms with Gasteiger partial charge in [-0.05, 0) is 67.7 Å². The molecule has 2 unspecified atom stereocenters. The Labute approximate surface area is 199 Å². The number of carbonyl (C=O) groups excluding carboxylic acids is 1. The molecule has 1 aromatic heterocycles. The molecule has 0 amide bonds. The first-order valence-corrected chi connectivity index (χ1v) is 11.6. The maximum atomic E-state index is 12.8. The maximum absolute atomic E-state index is 12.8. The van der Waals surface area contributed by atoms with E-state index in [9.17, 15) is 18.0 Å². The Morgan fingerprint density at radius 1 is 1.12 bits per heavy atom. The van der Waals surface area contributed by atoms with Crippen molar-refractivity contribution in [1.82, 2.24) is 0 Å². The van der Waals surface area contributed by atoms with Crippen LogP contribution in [0.4, 0.5) is 13.2 Å². The summed E-state index contributed by atoms with van der Waals surface area (Å²) >= 11 is 0. The van der Waals surface area contributed by atoms with Crippen LogP contribution in [-0.4, -0.2) is 12.6 Å². The molecule has 2 aromatic carbocycles. The van der Waals surface area contributed by atoms with Gasteiger partial charge >= 0.3 is 12.1 Å². The van der Waals surface area contributed by atoms with Gasteiger partial charge in [0.15, 0.2) is 17.1 Å². The standard InChI is InChI=1S/C27H24F3O3S/c1-6-22-9-8-14-34(22)23-15-18(3)25(19(4)16-23)32-17-24(31)33-26(5,7-2)20-10-12-21(13-11-20)27(28,29)30/h1,7-16H,2,17H2,3-5H3/q+1. The molecule has 3 aromatic rings. The van der Waals surface area contributed by atoms with Crippen LogP contribution < -0.4 is 4.74 Å². The first kappa shape index (κ1) is 25.1. The van der Waals surface area contributed by atoms with Gasteiger partial charge in [-0.2, -0.15) is 13.2 Å². The average Bonchev–Trinajstić information content (AvgIpc) is 3.27. The van der Waals surface area contributed by atoms with E-state index in [2.05, 4.69) is 17.9 Å². The highest BCUT2D eigenvalue weighted by Crippen LogP contribution is 2.39. The first-order valence-electron chi connectivity index (χ1n) is 10.3. The van der Waals surface area contributed by atoms with Crippen LogP contribution in [0.1, 0.15) is 34.1 Å². The monoisotopic (exact) mass is 485 g/mol. The van der Waals surface area contributed by atoms with E-state index < -0.39 is 23.3 Å². The summed E-state index contributed by atoms with van der Waals surface area (Å²) in [7, 11) is -0.298. The number of benzene rings is 2. The second kappa shape index (κ2) is 9.78. The van der Waals surface area contributed by atoms with Gasteiger partial charge in [0.05, 0.1) is 5.56 Å². The molecule has 3 rings (SSSR count). The number of carbonyl (C=O) groups is 1. The van der Waals surface area contributed by atoms with Gasteiger partial charge < -0.3 is 9.47 Å². The summed E-state index contributed by atoms with van der Waals surface area (Å²) in [5.41, 5.74) is -0.0388. The molecule has 0 aliphatic heterocycles. The number of esters is 1. The SMILES string of the molecule is C#Cc1ccc[s+]1-c1cc(C)c(OCC(=O)OC(C)(C=C)c2ccc(C(F)(F)F)cc2)c(C)c1. The molecule has 2 atom stereocenters. The predicted octanol–water partition coefficient (Wildman–Crippen LogP) is 7.07. The molecule has 0 N–H and O–H groups in total. The number of aryl methyl sites for hydroxylation is 2. The van der Waals surface area contributed by atoms with Crippen molar-refractivity contribution in [3.05, 3.63) is 93.7 Å². The number of rotatable bonds is 7. The summed E-state index contributed by atoms with van der Waals surface area (Å²) in [5, 5.41) is 2.05. The lowest BCUT2D eigenvalue weighted by molar-refractivity contribution is -0.157. The van der Waals surface area contributed by atoms with Gasteiger partial charge in [0.25, 0.3) is 0 Å². The molecule has 0 bridgehead atoms. The number of alkyl halides is 3. The lowest BCUT2D eigenvalue weighted by Gasteiger charge is -2.27. The van der Waals surface area contributed by atoms with Gasteiger partial charge in [0, 0.05) is 28.7 Å². The number of hydrogen-bond donors (Lipinski definition) is 0. The van der Waals surface area contributed by atoms with Gasteiger partial charge in [-0.15, -0.1) is 6.42 Å². The second-order valence-electron chi connectivity index (χ2n) is 7.88. The zero-order valence-corrected chi connectivity index (χ0v) is 19.8. The van der Waals surface area contributed by atoms with Crippen molar-refractivity contribution in [2.75, 3.05) is 6.61 Å². The number of halogens is 3. The molecule has 34 heavy (non-hydrogen) atoms. The summed E-state index contributed by atoms with van der Waals surface area (Å²) in [6.45, 7) is 8.63. The molecule has 0 aliphatic carbocycles. The molecule has 0 fully saturated rings. The van der Waals surface area contributed by atoms with E-state index in [0.717, 1.165) is 33.0 Å². The Balaban J connectivity index is 1.72. The van der Waals surface area contributed by atoms with Crippen molar-refractivity contribution in [2.45, 2.75) is 32.5 Å². The largest absolute Gasteiger partial charge is 0.481 e. The van der Waals surface area contributed by atoms with Crippen LogP contribution in [0.2, 0.25) is 0 Å². The smallest absolute Gasteiger partial charge is 0.416 e. The lowest BCUT2D eigenvalue weighted by atomic mass is 9.95. The van der Waals surface area contributed by atoms with E-state index in [4.69, 9.17) is 15.9 Å². The molecular formula is C27H24F3O3S+. The zero-order chi connectivity index (χ0) is 25.1. The highest BCUT2D eigenvalue weighted by molar-refractivity contribution is 7.38. The third-order valence-electron chi connectivity index (χ3n) is 5.36. The van der Waals surface area contributed by atoms with Crippen molar-refractivity contribution in [1.29, 1.82) is 0 Å². The average molecular weight is 486 g/mol. The fourth-order valence-corrected chi connectivity index (χ4v) is 5.29. The Hall–Kier alpha value is -3.50. The van der Waals surface area contributed by atoms with Gasteiger partial charge in [0.1, 0.15) is 11.1 Å². The normalized spacial score (nSPS) is 13.5. The molecule has 0 spiro atoms. The van der Waals surface area contributed by atoms with E-state index in [0.29, 0.717) is 11.3 Å². The van der Waals surface area contributed by atoms with Gasteiger partial charge in [-0.25, -0.2) is 4.79 Å². The van der Waals surface area contributed by atoms with Crippen LogP contribution in [0.25, 0.3) is 4.90 Å². The van der Waals surface area contributed by atoms with Crippen LogP contribution >= 0.6 is 10.5 Å². The highest BCUT2D eigenvalue weighted by atomic mass is 32.2. The summed E-state index contributed by atoms with van der Waals surface area (Å²) in [4.78, 5) is 14.5. The van der Waals surface area contributed by atoms with E-state index in [1.807, 2.05) is 38.1 Å². The Morgan fingerprint density at radius 2 is 1.71 bits per heavy atom. The Bertz CT molecular complexity index is 1230. The highest BCUT2D eigenvalue weighted by Gasteiger charge is 2.33. The number of thiophene rings is 1. The van der Waals surface area contributed by atoms with Crippen LogP contribution in [0.5, 0.6) is 5.75 Å². The first-order chi connectivity index (χ1) is 16.0. The predicted molar refractivity (Wildman–Crippen MR) is 128 cm³/mol. The maximum Gasteiger partial charge on any atom is 0.416 e. The molecule has 7 heteroatoms. The molecule has 0 saturated heterocycles. The minimum Gasteiger partial charge on any atom is -0.481 e. The molecule has 0 radical (unpaired) electrons. The molecule has 3 nitrogen and oxygen atoms in total. The minimum absolute atomic E-state index is 0.298.